The number of rotatable bonds is 12. The van der Waals surface area contributed by atoms with Crippen LogP contribution >= 0.6 is 0 Å². The molecule has 0 unspecified atom stereocenters. The first-order chi connectivity index (χ1) is 55.4. The molecule has 6 aromatic heterocycles. The lowest BCUT2D eigenvalue weighted by atomic mass is 9.94. The molecule has 0 amide bonds. The number of fused-ring (bicyclic) bond motifs is 12. The molecule has 0 saturated carbocycles. The number of hydrogen-bond acceptors (Lipinski definition) is 10. The molecular formula is C102H62N6O4. The van der Waals surface area contributed by atoms with Crippen LogP contribution in [0.4, 0.5) is 0 Å². The van der Waals surface area contributed by atoms with E-state index in [-0.39, 0.29) is 0 Å². The minimum absolute atomic E-state index is 0.565. The van der Waals surface area contributed by atoms with Crippen molar-refractivity contribution in [1.82, 2.24) is 29.9 Å². The van der Waals surface area contributed by atoms with E-state index in [1.54, 1.807) is 0 Å². The first-order valence-corrected chi connectivity index (χ1v) is 37.3. The SMILES string of the molecule is c1ccc(-c2cccc(-c3nc(-c4ccccc4)nc(-c4cc(-c5ccc6oc7ccccc7c6c5)cc(-c5ccc6oc7ccccc7c6c5)c4)n3)c2)cc1.c1ccc(-c2cccc(-c3nc(-c4ccccc4)nc(-c4cc(-c5cccc6c5oc5ccccc56)cc(-c5cccc6c5oc5ccccc56)c4)n3)c2)cc1. The van der Waals surface area contributed by atoms with Gasteiger partial charge in [0.25, 0.3) is 0 Å². The van der Waals surface area contributed by atoms with E-state index in [1.165, 1.54) is 0 Å². The van der Waals surface area contributed by atoms with Crippen LogP contribution in [0.5, 0.6) is 0 Å². The van der Waals surface area contributed by atoms with Gasteiger partial charge in [-0.25, -0.2) is 29.9 Å². The van der Waals surface area contributed by atoms with E-state index in [0.29, 0.717) is 34.9 Å². The Balaban J connectivity index is 0.000000141. The fourth-order valence-electron chi connectivity index (χ4n) is 15.6. The average molecular weight is 1440 g/mol. The van der Waals surface area contributed by atoms with E-state index in [4.69, 9.17) is 47.6 Å². The molecule has 0 saturated heterocycles. The maximum atomic E-state index is 6.58. The number of furan rings is 4. The van der Waals surface area contributed by atoms with Gasteiger partial charge >= 0.3 is 0 Å². The Bertz CT molecular complexity index is 7130. The average Bonchev–Trinajstić information content (AvgIpc) is 1.31. The molecule has 0 atom stereocenters. The van der Waals surface area contributed by atoms with E-state index < -0.39 is 0 Å². The molecule has 524 valence electrons. The summed E-state index contributed by atoms with van der Waals surface area (Å²) in [7, 11) is 0. The molecule has 0 bridgehead atoms. The Hall–Kier alpha value is -15.3. The zero-order chi connectivity index (χ0) is 74.0. The van der Waals surface area contributed by atoms with Gasteiger partial charge in [0.15, 0.2) is 34.9 Å². The van der Waals surface area contributed by atoms with Crippen LogP contribution in [0.25, 0.3) is 223 Å². The molecule has 0 spiro atoms. The number of nitrogens with zero attached hydrogens (tertiary/aromatic N) is 6. The molecule has 0 N–H and O–H groups in total. The van der Waals surface area contributed by atoms with Gasteiger partial charge in [0.2, 0.25) is 0 Å². The molecule has 0 aliphatic heterocycles. The summed E-state index contributed by atoms with van der Waals surface area (Å²) in [6.45, 7) is 0. The van der Waals surface area contributed by atoms with Gasteiger partial charge in [-0.3, -0.25) is 0 Å². The fourth-order valence-corrected chi connectivity index (χ4v) is 15.6. The van der Waals surface area contributed by atoms with Crippen molar-refractivity contribution >= 4 is 87.8 Å². The largest absolute Gasteiger partial charge is 0.456 e. The Labute approximate surface area is 642 Å². The highest BCUT2D eigenvalue weighted by Gasteiger charge is 2.23. The second-order valence-corrected chi connectivity index (χ2v) is 28.0. The minimum Gasteiger partial charge on any atom is -0.456 e. The van der Waals surface area contributed by atoms with Crippen LogP contribution in [0.3, 0.4) is 0 Å². The van der Waals surface area contributed by atoms with E-state index in [0.717, 1.165) is 188 Å². The molecular weight excluding hydrogens is 1370 g/mol. The van der Waals surface area contributed by atoms with Gasteiger partial charge in [0.05, 0.1) is 0 Å². The molecule has 16 aromatic carbocycles. The highest BCUT2D eigenvalue weighted by Crippen LogP contribution is 2.45. The van der Waals surface area contributed by atoms with Crippen LogP contribution in [-0.2, 0) is 0 Å². The lowest BCUT2D eigenvalue weighted by Crippen LogP contribution is -2.01. The number of benzene rings is 16. The van der Waals surface area contributed by atoms with E-state index in [9.17, 15) is 0 Å². The molecule has 0 aliphatic carbocycles. The highest BCUT2D eigenvalue weighted by molar-refractivity contribution is 6.13. The third-order valence-corrected chi connectivity index (χ3v) is 21.0. The summed E-state index contributed by atoms with van der Waals surface area (Å²) in [4.78, 5) is 30.9. The summed E-state index contributed by atoms with van der Waals surface area (Å²) >= 11 is 0. The summed E-state index contributed by atoms with van der Waals surface area (Å²) < 4.78 is 25.6. The van der Waals surface area contributed by atoms with Crippen LogP contribution in [0.15, 0.2) is 394 Å². The third-order valence-electron chi connectivity index (χ3n) is 21.0. The van der Waals surface area contributed by atoms with Crippen LogP contribution < -0.4 is 0 Å². The fraction of sp³-hybridized carbons (Fsp3) is 0. The van der Waals surface area contributed by atoms with E-state index >= 15 is 0 Å². The predicted molar refractivity (Wildman–Crippen MR) is 454 cm³/mol. The van der Waals surface area contributed by atoms with Gasteiger partial charge in [0.1, 0.15) is 44.7 Å². The normalized spacial score (nSPS) is 11.6. The molecule has 22 aromatic rings. The maximum Gasteiger partial charge on any atom is 0.164 e. The lowest BCUT2D eigenvalue weighted by molar-refractivity contribution is 0.668. The Kier molecular flexibility index (Phi) is 16.0. The lowest BCUT2D eigenvalue weighted by Gasteiger charge is -2.13. The van der Waals surface area contributed by atoms with Crippen LogP contribution in [-0.4, -0.2) is 29.9 Å². The van der Waals surface area contributed by atoms with Crippen LogP contribution in [0.1, 0.15) is 0 Å². The summed E-state index contributed by atoms with van der Waals surface area (Å²) in [6, 6.07) is 129. The van der Waals surface area contributed by atoms with Crippen molar-refractivity contribution in [2.45, 2.75) is 0 Å². The molecule has 0 fully saturated rings. The van der Waals surface area contributed by atoms with Crippen LogP contribution in [0.2, 0.25) is 0 Å². The van der Waals surface area contributed by atoms with Crippen molar-refractivity contribution in [2.24, 2.45) is 0 Å². The van der Waals surface area contributed by atoms with Crippen molar-refractivity contribution in [1.29, 1.82) is 0 Å². The summed E-state index contributed by atoms with van der Waals surface area (Å²) in [5.74, 6) is 3.57. The number of aromatic nitrogens is 6. The van der Waals surface area contributed by atoms with Crippen molar-refractivity contribution in [3.05, 3.63) is 376 Å². The molecule has 22 rings (SSSR count). The first-order valence-electron chi connectivity index (χ1n) is 37.3. The highest BCUT2D eigenvalue weighted by atomic mass is 16.3. The summed E-state index contributed by atoms with van der Waals surface area (Å²) in [5.41, 5.74) is 24.8. The first kappa shape index (κ1) is 65.1. The van der Waals surface area contributed by atoms with E-state index in [1.807, 2.05) is 121 Å². The zero-order valence-electron chi connectivity index (χ0n) is 60.1. The molecule has 0 aliphatic rings. The van der Waals surface area contributed by atoms with Crippen LogP contribution in [0, 0.1) is 0 Å². The Morgan fingerprint density at radius 3 is 0.786 bits per heavy atom. The smallest absolute Gasteiger partial charge is 0.164 e. The van der Waals surface area contributed by atoms with Crippen molar-refractivity contribution in [3.63, 3.8) is 0 Å². The standard InChI is InChI=1S/2C51H31N3O2/c1-3-14-32(15-4-1)34-18-11-19-35(28-34)50-52-49(33-16-5-2-6-17-33)53-51(54-50)38-30-36(39-22-12-24-43-41-20-7-9-26-45(41)55-47(39)43)29-37(31-38)40-23-13-25-44-42-21-8-10-27-46(42)56-48(40)44;1-3-12-32(13-4-1)34-16-11-17-37(26-34)50-52-49(33-14-5-2-6-15-33)53-51(54-50)40-28-38(35-22-24-47-43(30-35)41-18-7-9-20-45(41)55-47)27-39(29-40)36-23-25-48-44(31-36)42-19-8-10-21-46(42)56-48/h2*1-31H. The number of hydrogen-bond donors (Lipinski definition) is 0. The quantitative estimate of drug-likeness (QED) is 0.117. The second-order valence-electron chi connectivity index (χ2n) is 28.0. The third kappa shape index (κ3) is 12.1. The summed E-state index contributed by atoms with van der Waals surface area (Å²) in [5, 5.41) is 8.62. The topological polar surface area (TPSA) is 130 Å². The van der Waals surface area contributed by atoms with Gasteiger partial charge in [-0.2, -0.15) is 0 Å². The Morgan fingerprint density at radius 1 is 0.134 bits per heavy atom. The van der Waals surface area contributed by atoms with Gasteiger partial charge in [-0.15, -0.1) is 0 Å². The maximum absolute atomic E-state index is 6.58. The monoisotopic (exact) mass is 1430 g/mol. The predicted octanol–water partition coefficient (Wildman–Crippen LogP) is 27.3. The van der Waals surface area contributed by atoms with Gasteiger partial charge in [-0.05, 0) is 153 Å². The summed E-state index contributed by atoms with van der Waals surface area (Å²) in [6.07, 6.45) is 0. The van der Waals surface area contributed by atoms with E-state index in [2.05, 4.69) is 255 Å². The molecule has 10 nitrogen and oxygen atoms in total. The van der Waals surface area contributed by atoms with Gasteiger partial charge < -0.3 is 17.7 Å². The van der Waals surface area contributed by atoms with Crippen molar-refractivity contribution in [2.75, 3.05) is 0 Å². The second kappa shape index (κ2) is 27.5. The van der Waals surface area contributed by atoms with Gasteiger partial charge in [0, 0.05) is 87.6 Å². The van der Waals surface area contributed by atoms with Gasteiger partial charge in [-0.1, -0.05) is 279 Å². The van der Waals surface area contributed by atoms with Crippen molar-refractivity contribution in [3.8, 4) is 135 Å². The zero-order valence-corrected chi connectivity index (χ0v) is 60.1. The molecule has 112 heavy (non-hydrogen) atoms. The number of para-hydroxylation sites is 6. The minimum atomic E-state index is 0.565. The molecule has 6 heterocycles. The molecule has 0 radical (unpaired) electrons. The Morgan fingerprint density at radius 2 is 0.384 bits per heavy atom. The molecule has 10 heteroatoms. The van der Waals surface area contributed by atoms with Crippen molar-refractivity contribution < 1.29 is 17.7 Å².